The summed E-state index contributed by atoms with van der Waals surface area (Å²) in [6.07, 6.45) is 2.53. The van der Waals surface area contributed by atoms with Crippen LogP contribution in [0.3, 0.4) is 0 Å². The van der Waals surface area contributed by atoms with Crippen LogP contribution in [0.5, 0.6) is 0 Å². The largest absolute Gasteiger partial charge is 0.461 e. The lowest BCUT2D eigenvalue weighted by molar-refractivity contribution is 0.0513. The number of ether oxygens (including phenoxy) is 3. The number of alkyl carbamates (subject to hydrolysis) is 1. The molecular formula is C27H32F2N4O5. The second-order valence-corrected chi connectivity index (χ2v) is 9.24. The number of methoxy groups -OCH3 is 1. The van der Waals surface area contributed by atoms with E-state index in [9.17, 15) is 18.4 Å². The van der Waals surface area contributed by atoms with Crippen LogP contribution in [-0.4, -0.2) is 47.5 Å². The number of pyridine rings is 1. The zero-order valence-electron chi connectivity index (χ0n) is 22.1. The topological polar surface area (TPSA) is 104 Å². The van der Waals surface area contributed by atoms with Gasteiger partial charge in [-0.3, -0.25) is 4.98 Å². The molecule has 0 atom stereocenters. The molecule has 0 aliphatic heterocycles. The second-order valence-electron chi connectivity index (χ2n) is 9.24. The maximum Gasteiger partial charge on any atom is 0.407 e. The number of esters is 1. The summed E-state index contributed by atoms with van der Waals surface area (Å²) in [5, 5.41) is 5.59. The van der Waals surface area contributed by atoms with Gasteiger partial charge >= 0.3 is 12.1 Å². The summed E-state index contributed by atoms with van der Waals surface area (Å²) in [6, 6.07) is 7.16. The molecule has 0 saturated heterocycles. The first-order valence-corrected chi connectivity index (χ1v) is 12.1. The van der Waals surface area contributed by atoms with Crippen LogP contribution in [0.2, 0.25) is 0 Å². The van der Waals surface area contributed by atoms with Crippen molar-refractivity contribution in [3.05, 3.63) is 65.7 Å². The Morgan fingerprint density at radius 3 is 2.45 bits per heavy atom. The van der Waals surface area contributed by atoms with E-state index in [-0.39, 0.29) is 43.4 Å². The molecule has 9 nitrogen and oxygen atoms in total. The van der Waals surface area contributed by atoms with Crippen molar-refractivity contribution in [2.24, 2.45) is 0 Å². The molecular weight excluding hydrogens is 498 g/mol. The number of nitrogens with zero attached hydrogens (tertiary/aromatic N) is 2. The first-order chi connectivity index (χ1) is 18.1. The minimum atomic E-state index is -1.10. The van der Waals surface area contributed by atoms with Crippen LogP contribution in [-0.2, 0) is 27.4 Å². The molecule has 3 aromatic rings. The van der Waals surface area contributed by atoms with Crippen molar-refractivity contribution in [2.45, 2.75) is 46.4 Å². The van der Waals surface area contributed by atoms with Gasteiger partial charge in [0.15, 0.2) is 17.3 Å². The molecule has 0 aliphatic rings. The molecule has 0 unspecified atom stereocenters. The maximum absolute atomic E-state index is 14.7. The van der Waals surface area contributed by atoms with Crippen LogP contribution in [0, 0.1) is 11.6 Å². The molecule has 204 valence electrons. The summed E-state index contributed by atoms with van der Waals surface area (Å²) in [6.45, 7) is 7.26. The minimum Gasteiger partial charge on any atom is -0.461 e. The Bertz CT molecular complexity index is 1270. The van der Waals surface area contributed by atoms with Crippen LogP contribution in [0.15, 0.2) is 42.7 Å². The SMILES string of the molecule is CCOC(=O)c1c(Nc2cccc(F)c2F)c(-c2ccncc2)c(COC)n1CCNC(=O)OC(C)(C)C. The molecule has 2 N–H and O–H groups in total. The summed E-state index contributed by atoms with van der Waals surface area (Å²) < 4.78 is 46.5. The van der Waals surface area contributed by atoms with Crippen LogP contribution < -0.4 is 10.6 Å². The Balaban J connectivity index is 2.18. The highest BCUT2D eigenvalue weighted by molar-refractivity contribution is 6.02. The fraction of sp³-hybridized carbons (Fsp3) is 0.370. The highest BCUT2D eigenvalue weighted by atomic mass is 19.2. The van der Waals surface area contributed by atoms with E-state index in [0.29, 0.717) is 16.8 Å². The zero-order chi connectivity index (χ0) is 27.9. The van der Waals surface area contributed by atoms with E-state index in [2.05, 4.69) is 15.6 Å². The van der Waals surface area contributed by atoms with Gasteiger partial charge in [-0.25, -0.2) is 18.4 Å². The molecule has 3 rings (SSSR count). The van der Waals surface area contributed by atoms with Gasteiger partial charge in [0.1, 0.15) is 5.60 Å². The van der Waals surface area contributed by atoms with Crippen molar-refractivity contribution >= 4 is 23.4 Å². The number of rotatable bonds is 10. The molecule has 1 amide bonds. The smallest absolute Gasteiger partial charge is 0.407 e. The van der Waals surface area contributed by atoms with Gasteiger partial charge in [0.25, 0.3) is 0 Å². The molecule has 0 saturated carbocycles. The van der Waals surface area contributed by atoms with E-state index in [1.807, 2.05) is 0 Å². The van der Waals surface area contributed by atoms with Crippen LogP contribution in [0.1, 0.15) is 43.9 Å². The molecule has 0 bridgehead atoms. The summed E-state index contributed by atoms with van der Waals surface area (Å²) in [5.41, 5.74) is 1.11. The Hall–Kier alpha value is -3.99. The number of benzene rings is 1. The van der Waals surface area contributed by atoms with E-state index >= 15 is 0 Å². The molecule has 11 heteroatoms. The molecule has 0 fully saturated rings. The van der Waals surface area contributed by atoms with Gasteiger partial charge in [-0.15, -0.1) is 0 Å². The van der Waals surface area contributed by atoms with Crippen molar-refractivity contribution in [3.63, 3.8) is 0 Å². The number of carbonyl (C=O) groups excluding carboxylic acids is 2. The Morgan fingerprint density at radius 2 is 1.82 bits per heavy atom. The van der Waals surface area contributed by atoms with E-state index in [1.54, 1.807) is 56.8 Å². The molecule has 0 spiro atoms. The van der Waals surface area contributed by atoms with Crippen molar-refractivity contribution < 1.29 is 32.6 Å². The summed E-state index contributed by atoms with van der Waals surface area (Å²) in [4.78, 5) is 29.6. The monoisotopic (exact) mass is 530 g/mol. The van der Waals surface area contributed by atoms with E-state index in [0.717, 1.165) is 6.07 Å². The predicted molar refractivity (Wildman–Crippen MR) is 138 cm³/mol. The lowest BCUT2D eigenvalue weighted by Crippen LogP contribution is -2.34. The highest BCUT2D eigenvalue weighted by Crippen LogP contribution is 2.40. The third-order valence-corrected chi connectivity index (χ3v) is 5.30. The Morgan fingerprint density at radius 1 is 1.11 bits per heavy atom. The van der Waals surface area contributed by atoms with E-state index in [1.165, 1.54) is 19.2 Å². The van der Waals surface area contributed by atoms with E-state index < -0.39 is 29.3 Å². The molecule has 2 aromatic heterocycles. The Kier molecular flexibility index (Phi) is 9.40. The number of amides is 1. The van der Waals surface area contributed by atoms with Crippen molar-refractivity contribution in [3.8, 4) is 11.1 Å². The maximum atomic E-state index is 14.7. The zero-order valence-corrected chi connectivity index (χ0v) is 22.1. The van der Waals surface area contributed by atoms with Gasteiger partial charge in [-0.05, 0) is 57.5 Å². The third-order valence-electron chi connectivity index (χ3n) is 5.30. The summed E-state index contributed by atoms with van der Waals surface area (Å²) in [7, 11) is 1.50. The average molecular weight is 531 g/mol. The van der Waals surface area contributed by atoms with Gasteiger partial charge in [0, 0.05) is 38.2 Å². The van der Waals surface area contributed by atoms with Gasteiger partial charge in [-0.2, -0.15) is 0 Å². The standard InChI is InChI=1S/C27H32F2N4O5/c1-6-37-25(34)24-23(32-19-9-7-8-18(28)22(19)29)21(17-10-12-30-13-11-17)20(16-36-5)33(24)15-14-31-26(35)38-27(2,3)4/h7-13,32H,6,14-16H2,1-5H3,(H,31,35). The highest BCUT2D eigenvalue weighted by Gasteiger charge is 2.30. The normalized spacial score (nSPS) is 11.2. The Labute approximate surface area is 220 Å². The summed E-state index contributed by atoms with van der Waals surface area (Å²) >= 11 is 0. The number of hydrogen-bond donors (Lipinski definition) is 2. The number of hydrogen-bond acceptors (Lipinski definition) is 7. The van der Waals surface area contributed by atoms with Gasteiger partial charge < -0.3 is 29.4 Å². The van der Waals surface area contributed by atoms with Crippen LogP contribution in [0.25, 0.3) is 11.1 Å². The molecule has 0 aliphatic carbocycles. The number of carbonyl (C=O) groups is 2. The van der Waals surface area contributed by atoms with E-state index in [4.69, 9.17) is 14.2 Å². The lowest BCUT2D eigenvalue weighted by atomic mass is 10.0. The first kappa shape index (κ1) is 28.6. The van der Waals surface area contributed by atoms with Crippen LogP contribution >= 0.6 is 0 Å². The molecule has 38 heavy (non-hydrogen) atoms. The van der Waals surface area contributed by atoms with Gasteiger partial charge in [0.05, 0.1) is 30.3 Å². The van der Waals surface area contributed by atoms with Crippen LogP contribution in [0.4, 0.5) is 25.0 Å². The first-order valence-electron chi connectivity index (χ1n) is 12.1. The second kappa shape index (κ2) is 12.5. The average Bonchev–Trinajstić information content (AvgIpc) is 3.14. The molecule has 1 aromatic carbocycles. The quantitative estimate of drug-likeness (QED) is 0.337. The fourth-order valence-electron chi connectivity index (χ4n) is 3.88. The number of anilines is 2. The summed E-state index contributed by atoms with van der Waals surface area (Å²) in [5.74, 6) is -2.84. The fourth-order valence-corrected chi connectivity index (χ4v) is 3.88. The predicted octanol–water partition coefficient (Wildman–Crippen LogP) is 5.42. The minimum absolute atomic E-state index is 0.0559. The van der Waals surface area contributed by atoms with Gasteiger partial charge in [-0.1, -0.05) is 6.07 Å². The molecule has 0 radical (unpaired) electrons. The van der Waals surface area contributed by atoms with Crippen molar-refractivity contribution in [1.29, 1.82) is 0 Å². The van der Waals surface area contributed by atoms with Crippen molar-refractivity contribution in [1.82, 2.24) is 14.9 Å². The number of nitrogens with one attached hydrogen (secondary N) is 2. The lowest BCUT2D eigenvalue weighted by Gasteiger charge is -2.20. The molecule has 2 heterocycles. The number of halogens is 2. The number of aromatic nitrogens is 2. The third kappa shape index (κ3) is 6.86. The van der Waals surface area contributed by atoms with Gasteiger partial charge in [0.2, 0.25) is 0 Å². The van der Waals surface area contributed by atoms with Crippen molar-refractivity contribution in [2.75, 3.05) is 25.6 Å².